The lowest BCUT2D eigenvalue weighted by atomic mass is 10.2. The van der Waals surface area contributed by atoms with E-state index in [0.717, 1.165) is 10.4 Å². The van der Waals surface area contributed by atoms with Crippen molar-refractivity contribution in [1.29, 1.82) is 0 Å². The van der Waals surface area contributed by atoms with Gasteiger partial charge in [0, 0.05) is 26.1 Å². The molecule has 1 aromatic rings. The summed E-state index contributed by atoms with van der Waals surface area (Å²) >= 11 is 4.48. The van der Waals surface area contributed by atoms with E-state index >= 15 is 0 Å². The second-order valence-corrected chi connectivity index (χ2v) is 6.89. The van der Waals surface area contributed by atoms with E-state index < -0.39 is 0 Å². The molecule has 0 fully saturated rings. The zero-order valence-corrected chi connectivity index (χ0v) is 14.3. The predicted molar refractivity (Wildman–Crippen MR) is 93.2 cm³/mol. The minimum Gasteiger partial charge on any atom is -0.395 e. The number of hydrogen-bond acceptors (Lipinski definition) is 4. The Morgan fingerprint density at radius 1 is 1.33 bits per heavy atom. The molecule has 0 saturated carbocycles. The summed E-state index contributed by atoms with van der Waals surface area (Å²) in [5.74, 6) is 0. The minimum absolute atomic E-state index is 0.0915. The zero-order chi connectivity index (χ0) is 15.5. The van der Waals surface area contributed by atoms with E-state index in [2.05, 4.69) is 27.4 Å². The van der Waals surface area contributed by atoms with Crippen molar-refractivity contribution in [2.45, 2.75) is 13.0 Å². The lowest BCUT2D eigenvalue weighted by Crippen LogP contribution is -2.28. The largest absolute Gasteiger partial charge is 0.395 e. The first kappa shape index (κ1) is 18.2. The maximum atomic E-state index is 11.9. The zero-order valence-electron chi connectivity index (χ0n) is 11.9. The normalized spacial score (nSPS) is 11.7. The van der Waals surface area contributed by atoms with Crippen LogP contribution in [-0.2, 0) is 11.3 Å². The summed E-state index contributed by atoms with van der Waals surface area (Å²) in [7, 11) is 0. The number of benzene rings is 1. The molecule has 0 amide bonds. The van der Waals surface area contributed by atoms with Crippen molar-refractivity contribution in [3.05, 3.63) is 58.4 Å². The van der Waals surface area contributed by atoms with E-state index in [4.69, 9.17) is 5.11 Å². The Morgan fingerprint density at radius 3 is 2.67 bits per heavy atom. The van der Waals surface area contributed by atoms with Gasteiger partial charge in [-0.2, -0.15) is 0 Å². The number of aliphatic hydroxyl groups is 1. The number of rotatable bonds is 9. The van der Waals surface area contributed by atoms with Crippen molar-refractivity contribution >= 4 is 32.8 Å². The molecule has 1 rings (SSSR count). The molecule has 1 aromatic carbocycles. The van der Waals surface area contributed by atoms with Crippen LogP contribution in [0.4, 0.5) is 0 Å². The topological polar surface area (TPSA) is 40.5 Å². The molecule has 0 aromatic heterocycles. The summed E-state index contributed by atoms with van der Waals surface area (Å²) in [5, 5.41) is 9.23. The second-order valence-electron chi connectivity index (χ2n) is 4.42. The average molecular weight is 370 g/mol. The van der Waals surface area contributed by atoms with Crippen LogP contribution in [0.15, 0.2) is 52.9 Å². The van der Waals surface area contributed by atoms with Crippen molar-refractivity contribution in [2.75, 3.05) is 19.7 Å². The molecule has 0 aliphatic carbocycles. The molecule has 21 heavy (non-hydrogen) atoms. The molecule has 0 spiro atoms. The van der Waals surface area contributed by atoms with Crippen LogP contribution >= 0.6 is 27.7 Å². The Bertz CT molecular complexity index is 476. The Balaban J connectivity index is 2.45. The predicted octanol–water partition coefficient (Wildman–Crippen LogP) is 3.55. The van der Waals surface area contributed by atoms with Gasteiger partial charge < -0.3 is 5.11 Å². The molecule has 0 bridgehead atoms. The van der Waals surface area contributed by atoms with Crippen LogP contribution in [0.25, 0.3) is 0 Å². The number of nitrogens with zero attached hydrogens (tertiary/aromatic N) is 1. The van der Waals surface area contributed by atoms with Crippen LogP contribution in [0.3, 0.4) is 0 Å². The summed E-state index contributed by atoms with van der Waals surface area (Å²) in [6, 6.07) is 10.0. The first-order valence-electron chi connectivity index (χ1n) is 6.71. The molecule has 0 saturated heterocycles. The Labute approximate surface area is 138 Å². The number of carbonyl (C=O) groups is 1. The molecule has 1 N–H and O–H groups in total. The first-order valence-corrected chi connectivity index (χ1v) is 8.32. The highest BCUT2D eigenvalue weighted by Crippen LogP contribution is 2.24. The third-order valence-electron chi connectivity index (χ3n) is 2.76. The van der Waals surface area contributed by atoms with Crippen LogP contribution in [0, 0.1) is 0 Å². The fourth-order valence-corrected chi connectivity index (χ4v) is 3.09. The number of allylic oxidation sites excluding steroid dienone is 2. The molecule has 0 aliphatic rings. The Kier molecular flexibility index (Phi) is 9.34. The van der Waals surface area contributed by atoms with Crippen LogP contribution in [0.1, 0.15) is 12.0 Å². The number of hydrogen-bond donors (Lipinski definition) is 1. The monoisotopic (exact) mass is 369 g/mol. The molecule has 0 radical (unpaired) electrons. The number of halogens is 1. The van der Waals surface area contributed by atoms with Crippen LogP contribution < -0.4 is 0 Å². The fraction of sp³-hybridized carbons (Fsp3) is 0.312. The maximum absolute atomic E-state index is 11.9. The van der Waals surface area contributed by atoms with Gasteiger partial charge in [-0.15, -0.1) is 0 Å². The Hall–Kier alpha value is -0.880. The van der Waals surface area contributed by atoms with Gasteiger partial charge in [0.15, 0.2) is 5.12 Å². The smallest absolute Gasteiger partial charge is 0.195 e. The summed E-state index contributed by atoms with van der Waals surface area (Å²) in [6.07, 6.45) is 3.83. The highest BCUT2D eigenvalue weighted by molar-refractivity contribution is 9.14. The van der Waals surface area contributed by atoms with E-state index in [1.807, 2.05) is 30.3 Å². The van der Waals surface area contributed by atoms with E-state index in [1.165, 1.54) is 17.3 Å². The standard InChI is InChI=1S/C16H20BrNO2S/c1-2-6-15(17)21-16(20)9-10-18(11-12-19)13-14-7-4-3-5-8-14/h2-8,19H,1,9-13H2/b15-6-. The minimum atomic E-state index is 0.0915. The first-order chi connectivity index (χ1) is 10.2. The van der Waals surface area contributed by atoms with Gasteiger partial charge in [-0.1, -0.05) is 43.0 Å². The van der Waals surface area contributed by atoms with Crippen LogP contribution in [0.2, 0.25) is 0 Å². The highest BCUT2D eigenvalue weighted by atomic mass is 79.9. The third-order valence-corrected chi connectivity index (χ3v) is 4.27. The van der Waals surface area contributed by atoms with Crippen molar-refractivity contribution in [2.24, 2.45) is 0 Å². The van der Waals surface area contributed by atoms with Crippen molar-refractivity contribution in [3.8, 4) is 0 Å². The number of carbonyl (C=O) groups excluding carboxylic acids is 1. The van der Waals surface area contributed by atoms with E-state index in [0.29, 0.717) is 19.5 Å². The van der Waals surface area contributed by atoms with Gasteiger partial charge in [-0.3, -0.25) is 9.69 Å². The van der Waals surface area contributed by atoms with E-state index in [-0.39, 0.29) is 11.7 Å². The van der Waals surface area contributed by atoms with E-state index in [1.54, 1.807) is 12.2 Å². The molecule has 0 atom stereocenters. The average Bonchev–Trinajstić information content (AvgIpc) is 2.46. The van der Waals surface area contributed by atoms with Gasteiger partial charge in [0.1, 0.15) is 0 Å². The molecular formula is C16H20BrNO2S. The van der Waals surface area contributed by atoms with Gasteiger partial charge in [-0.25, -0.2) is 0 Å². The summed E-state index contributed by atoms with van der Waals surface area (Å²) in [6.45, 7) is 5.62. The summed E-state index contributed by atoms with van der Waals surface area (Å²) in [4.78, 5) is 13.9. The highest BCUT2D eigenvalue weighted by Gasteiger charge is 2.10. The van der Waals surface area contributed by atoms with Crippen LogP contribution in [-0.4, -0.2) is 34.8 Å². The molecule has 0 unspecified atom stereocenters. The molecule has 3 nitrogen and oxygen atoms in total. The van der Waals surface area contributed by atoms with Crippen molar-refractivity contribution in [3.63, 3.8) is 0 Å². The SMILES string of the molecule is C=C/C=C(/Br)SC(=O)CCN(CCO)Cc1ccccc1. The molecule has 114 valence electrons. The maximum Gasteiger partial charge on any atom is 0.195 e. The van der Waals surface area contributed by atoms with Gasteiger partial charge in [0.2, 0.25) is 0 Å². The lowest BCUT2D eigenvalue weighted by molar-refractivity contribution is -0.111. The molecule has 5 heteroatoms. The Morgan fingerprint density at radius 2 is 2.05 bits per heavy atom. The van der Waals surface area contributed by atoms with Gasteiger partial charge in [0.25, 0.3) is 0 Å². The lowest BCUT2D eigenvalue weighted by Gasteiger charge is -2.20. The third kappa shape index (κ3) is 8.21. The van der Waals surface area contributed by atoms with Gasteiger partial charge in [0.05, 0.1) is 10.4 Å². The van der Waals surface area contributed by atoms with Crippen molar-refractivity contribution in [1.82, 2.24) is 4.90 Å². The van der Waals surface area contributed by atoms with Gasteiger partial charge in [-0.05, 0) is 39.3 Å². The number of thioether (sulfide) groups is 1. The van der Waals surface area contributed by atoms with Crippen LogP contribution in [0.5, 0.6) is 0 Å². The number of aliphatic hydroxyl groups excluding tert-OH is 1. The van der Waals surface area contributed by atoms with E-state index in [9.17, 15) is 4.79 Å². The van der Waals surface area contributed by atoms with Gasteiger partial charge >= 0.3 is 0 Å². The second kappa shape index (κ2) is 10.8. The quantitative estimate of drug-likeness (QED) is 0.675. The molecule has 0 aliphatic heterocycles. The molecule has 0 heterocycles. The summed E-state index contributed by atoms with van der Waals surface area (Å²) in [5.41, 5.74) is 1.18. The molecular weight excluding hydrogens is 350 g/mol. The fourth-order valence-electron chi connectivity index (χ4n) is 1.79. The van der Waals surface area contributed by atoms with Crippen molar-refractivity contribution < 1.29 is 9.90 Å². The summed E-state index contributed by atoms with van der Waals surface area (Å²) < 4.78 is 0.763.